The van der Waals surface area contributed by atoms with E-state index in [1.807, 2.05) is 6.07 Å². The molecule has 0 fully saturated rings. The van der Waals surface area contributed by atoms with E-state index in [-0.39, 0.29) is 29.2 Å². The molecule has 2 aromatic rings. The van der Waals surface area contributed by atoms with E-state index in [0.29, 0.717) is 11.1 Å². The number of hydrogen-bond donors (Lipinski definition) is 0. The number of halogens is 3. The van der Waals surface area contributed by atoms with E-state index in [9.17, 15) is 13.2 Å². The number of hydrogen-bond acceptors (Lipinski definition) is 4. The van der Waals surface area contributed by atoms with Crippen molar-refractivity contribution in [2.24, 2.45) is 0 Å². The summed E-state index contributed by atoms with van der Waals surface area (Å²) in [5.41, 5.74) is 1.04. The van der Waals surface area contributed by atoms with E-state index in [1.165, 1.54) is 4.68 Å². The first kappa shape index (κ1) is 13.9. The van der Waals surface area contributed by atoms with Crippen molar-refractivity contribution in [1.82, 2.24) is 14.8 Å². The third-order valence-electron chi connectivity index (χ3n) is 3.28. The third kappa shape index (κ3) is 2.49. The van der Waals surface area contributed by atoms with Gasteiger partial charge >= 0.3 is 0 Å². The van der Waals surface area contributed by atoms with Crippen molar-refractivity contribution in [1.29, 1.82) is 5.26 Å². The van der Waals surface area contributed by atoms with Gasteiger partial charge < -0.3 is 0 Å². The van der Waals surface area contributed by atoms with Crippen molar-refractivity contribution in [3.63, 3.8) is 0 Å². The second-order valence-electron chi connectivity index (χ2n) is 4.49. The van der Waals surface area contributed by atoms with Gasteiger partial charge in [-0.15, -0.1) is 5.10 Å². The van der Waals surface area contributed by atoms with Crippen LogP contribution in [-0.4, -0.2) is 20.5 Å². The largest absolute Gasteiger partial charge is 0.291 e. The Balaban J connectivity index is 2.01. The van der Waals surface area contributed by atoms with Crippen molar-refractivity contribution in [2.75, 3.05) is 0 Å². The van der Waals surface area contributed by atoms with E-state index in [1.54, 1.807) is 24.3 Å². The van der Waals surface area contributed by atoms with Gasteiger partial charge in [0.05, 0.1) is 17.7 Å². The van der Waals surface area contributed by atoms with Gasteiger partial charge in [-0.1, -0.05) is 18.2 Å². The molecule has 2 heterocycles. The standard InChI is InChI=1S/C13H9F3N4S/c14-9-5-10(8-4-2-1-3-7(8)6-17)20-11(9)18-13(19-20)21-12(15)16/h1-4,9-10,12H,5H2/t9-,10-/m0/s1. The van der Waals surface area contributed by atoms with Gasteiger partial charge in [-0.3, -0.25) is 0 Å². The molecule has 0 radical (unpaired) electrons. The maximum Gasteiger partial charge on any atom is 0.291 e. The van der Waals surface area contributed by atoms with Crippen LogP contribution in [0.2, 0.25) is 0 Å². The molecule has 1 aromatic heterocycles. The van der Waals surface area contributed by atoms with Crippen molar-refractivity contribution < 1.29 is 13.2 Å². The molecule has 0 bridgehead atoms. The van der Waals surface area contributed by atoms with E-state index in [2.05, 4.69) is 10.1 Å². The third-order valence-corrected chi connectivity index (χ3v) is 3.84. The summed E-state index contributed by atoms with van der Waals surface area (Å²) in [4.78, 5) is 3.82. The Morgan fingerprint density at radius 2 is 2.14 bits per heavy atom. The monoisotopic (exact) mass is 310 g/mol. The smallest absolute Gasteiger partial charge is 0.239 e. The zero-order chi connectivity index (χ0) is 15.0. The van der Waals surface area contributed by atoms with Crippen LogP contribution in [0.15, 0.2) is 29.4 Å². The second-order valence-corrected chi connectivity index (χ2v) is 5.45. The zero-order valence-electron chi connectivity index (χ0n) is 10.6. The summed E-state index contributed by atoms with van der Waals surface area (Å²) in [6.45, 7) is 0. The molecule has 3 rings (SSSR count). The van der Waals surface area contributed by atoms with Crippen molar-refractivity contribution >= 4 is 11.8 Å². The topological polar surface area (TPSA) is 54.5 Å². The molecule has 21 heavy (non-hydrogen) atoms. The van der Waals surface area contributed by atoms with Gasteiger partial charge in [-0.2, -0.15) is 14.0 Å². The fourth-order valence-corrected chi connectivity index (χ4v) is 2.88. The first-order chi connectivity index (χ1) is 10.1. The van der Waals surface area contributed by atoms with Crippen molar-refractivity contribution in [3.8, 4) is 6.07 Å². The molecule has 8 heteroatoms. The highest BCUT2D eigenvalue weighted by Crippen LogP contribution is 2.41. The van der Waals surface area contributed by atoms with Crippen LogP contribution in [0.1, 0.15) is 35.6 Å². The number of nitriles is 1. The number of rotatable bonds is 3. The lowest BCUT2D eigenvalue weighted by molar-refractivity contribution is 0.251. The van der Waals surface area contributed by atoms with Crippen molar-refractivity contribution in [3.05, 3.63) is 41.2 Å². The Morgan fingerprint density at radius 1 is 1.38 bits per heavy atom. The van der Waals surface area contributed by atoms with Crippen LogP contribution in [0.25, 0.3) is 0 Å². The lowest BCUT2D eigenvalue weighted by atomic mass is 9.99. The Hall–Kier alpha value is -2.01. The van der Waals surface area contributed by atoms with E-state index in [0.717, 1.165) is 0 Å². The quantitative estimate of drug-likeness (QED) is 0.815. The van der Waals surface area contributed by atoms with Gasteiger partial charge in [0, 0.05) is 6.42 Å². The molecule has 1 aliphatic heterocycles. The van der Waals surface area contributed by atoms with Crippen LogP contribution in [0.4, 0.5) is 13.2 Å². The summed E-state index contributed by atoms with van der Waals surface area (Å²) in [6, 6.07) is 8.35. The molecule has 0 saturated carbocycles. The number of alkyl halides is 3. The Kier molecular flexibility index (Phi) is 3.59. The van der Waals surface area contributed by atoms with E-state index < -0.39 is 18.0 Å². The molecule has 0 unspecified atom stereocenters. The summed E-state index contributed by atoms with van der Waals surface area (Å²) in [6.07, 6.45) is -1.27. The predicted molar refractivity (Wildman–Crippen MR) is 69.6 cm³/mol. The number of thioether (sulfide) groups is 1. The average molecular weight is 310 g/mol. The van der Waals surface area contributed by atoms with Gasteiger partial charge in [-0.25, -0.2) is 14.1 Å². The molecule has 0 N–H and O–H groups in total. The molecular formula is C13H9F3N4S. The molecule has 0 amide bonds. The summed E-state index contributed by atoms with van der Waals surface area (Å²) in [7, 11) is 0. The normalized spacial score (nSPS) is 20.5. The molecule has 1 aromatic carbocycles. The minimum Gasteiger partial charge on any atom is -0.239 e. The highest BCUT2D eigenvalue weighted by Gasteiger charge is 2.36. The SMILES string of the molecule is N#Cc1ccccc1[C@@H]1C[C@H](F)c2nc(SC(F)F)nn21. The Labute approximate surface area is 122 Å². The molecule has 2 atom stereocenters. The Morgan fingerprint density at radius 3 is 2.86 bits per heavy atom. The van der Waals surface area contributed by atoms with Crippen LogP contribution in [-0.2, 0) is 0 Å². The highest BCUT2D eigenvalue weighted by molar-refractivity contribution is 7.99. The van der Waals surface area contributed by atoms with Crippen molar-refractivity contribution in [2.45, 2.75) is 29.5 Å². The first-order valence-corrected chi connectivity index (χ1v) is 7.02. The lowest BCUT2D eigenvalue weighted by Crippen LogP contribution is -2.09. The summed E-state index contributed by atoms with van der Waals surface area (Å²) < 4.78 is 40.1. The number of nitrogens with zero attached hydrogens (tertiary/aromatic N) is 4. The van der Waals surface area contributed by atoms with Crippen LogP contribution in [0.5, 0.6) is 0 Å². The summed E-state index contributed by atoms with van der Waals surface area (Å²) in [5.74, 6) is -2.62. The number of benzene rings is 1. The van der Waals surface area contributed by atoms with Gasteiger partial charge in [0.1, 0.15) is 0 Å². The van der Waals surface area contributed by atoms with E-state index in [4.69, 9.17) is 5.26 Å². The minimum absolute atomic E-state index is 0.0379. The minimum atomic E-state index is -2.66. The Bertz CT molecular complexity index is 710. The van der Waals surface area contributed by atoms with Crippen LogP contribution >= 0.6 is 11.8 Å². The summed E-state index contributed by atoms with van der Waals surface area (Å²) >= 11 is 0.184. The summed E-state index contributed by atoms with van der Waals surface area (Å²) in [5, 5.41) is 12.9. The molecule has 1 aliphatic rings. The van der Waals surface area contributed by atoms with Gasteiger partial charge in [-0.05, 0) is 23.4 Å². The first-order valence-electron chi connectivity index (χ1n) is 6.14. The maximum atomic E-state index is 14.0. The van der Waals surface area contributed by atoms with Gasteiger partial charge in [0.25, 0.3) is 5.76 Å². The van der Waals surface area contributed by atoms with Gasteiger partial charge in [0.2, 0.25) is 5.16 Å². The highest BCUT2D eigenvalue weighted by atomic mass is 32.2. The molecule has 0 spiro atoms. The molecule has 0 aliphatic carbocycles. The molecule has 0 saturated heterocycles. The zero-order valence-corrected chi connectivity index (χ0v) is 11.4. The lowest BCUT2D eigenvalue weighted by Gasteiger charge is -2.13. The van der Waals surface area contributed by atoms with Crippen LogP contribution in [0.3, 0.4) is 0 Å². The van der Waals surface area contributed by atoms with E-state index >= 15 is 0 Å². The average Bonchev–Trinajstić information content (AvgIpc) is 2.98. The fourth-order valence-electron chi connectivity index (χ4n) is 2.44. The molecule has 108 valence electrons. The second kappa shape index (κ2) is 5.41. The van der Waals surface area contributed by atoms with Crippen LogP contribution in [0, 0.1) is 11.3 Å². The maximum absolute atomic E-state index is 14.0. The van der Waals surface area contributed by atoms with Gasteiger partial charge in [0.15, 0.2) is 12.0 Å². The van der Waals surface area contributed by atoms with Crippen LogP contribution < -0.4 is 0 Å². The number of aromatic nitrogens is 3. The molecular weight excluding hydrogens is 301 g/mol. The fraction of sp³-hybridized carbons (Fsp3) is 0.308. The molecule has 4 nitrogen and oxygen atoms in total. The predicted octanol–water partition coefficient (Wildman–Crippen LogP) is 3.47. The number of fused-ring (bicyclic) bond motifs is 1.